The van der Waals surface area contributed by atoms with Gasteiger partial charge in [-0.15, -0.1) is 6.58 Å². The Morgan fingerprint density at radius 3 is 2.46 bits per heavy atom. The highest BCUT2D eigenvalue weighted by Gasteiger charge is 2.27. The number of ether oxygens (including phenoxy) is 1. The molecule has 1 aliphatic rings. The third-order valence-electron chi connectivity index (χ3n) is 5.76. The molecule has 0 radical (unpaired) electrons. The van der Waals surface area contributed by atoms with Gasteiger partial charge in [0.25, 0.3) is 0 Å². The summed E-state index contributed by atoms with van der Waals surface area (Å²) in [7, 11) is 4.02. The van der Waals surface area contributed by atoms with Crippen LogP contribution in [-0.4, -0.2) is 49.1 Å². The van der Waals surface area contributed by atoms with Gasteiger partial charge in [-0.2, -0.15) is 0 Å². The number of nitrogens with zero attached hydrogens (tertiary/aromatic N) is 2. The minimum Gasteiger partial charge on any atom is -0.410 e. The lowest BCUT2D eigenvalue weighted by Crippen LogP contribution is -2.41. The molecule has 5 heteroatoms. The molecule has 4 nitrogen and oxygen atoms in total. The van der Waals surface area contributed by atoms with E-state index < -0.39 is 0 Å². The number of likely N-dealkylation sites (N-methyl/N-ethyl adjacent to an activating group) is 1. The van der Waals surface area contributed by atoms with E-state index in [0.717, 1.165) is 36.3 Å². The second-order valence-electron chi connectivity index (χ2n) is 8.01. The van der Waals surface area contributed by atoms with Crippen LogP contribution in [0.15, 0.2) is 41.4 Å². The smallest absolute Gasteiger partial charge is 0.410 e. The molecule has 0 atom stereocenters. The maximum atomic E-state index is 12.4. The first-order valence-corrected chi connectivity index (χ1v) is 11.3. The zero-order valence-electron chi connectivity index (χ0n) is 17.4. The molecule has 0 aliphatic heterocycles. The first-order chi connectivity index (χ1) is 13.5. The van der Waals surface area contributed by atoms with Crippen molar-refractivity contribution in [2.24, 2.45) is 5.92 Å². The maximum Gasteiger partial charge on any atom is 0.415 e. The number of unbranched alkanes of at least 4 members (excludes halogenated alkanes) is 2. The first-order valence-electron chi connectivity index (χ1n) is 10.5. The van der Waals surface area contributed by atoms with Crippen LogP contribution in [-0.2, 0) is 0 Å². The van der Waals surface area contributed by atoms with Gasteiger partial charge in [-0.1, -0.05) is 41.3 Å². The molecule has 1 fully saturated rings. The molecule has 1 aromatic rings. The number of rotatable bonds is 10. The average Bonchev–Trinajstić information content (AvgIpc) is 2.69. The van der Waals surface area contributed by atoms with Crippen LogP contribution in [0.1, 0.15) is 51.4 Å². The van der Waals surface area contributed by atoms with Crippen LogP contribution >= 0.6 is 15.9 Å². The van der Waals surface area contributed by atoms with Gasteiger partial charge in [0.15, 0.2) is 0 Å². The molecule has 0 unspecified atom stereocenters. The standard InChI is InChI=1S/C23H35BrN2O2/c1-4-17-25(2)18-7-5-6-8-19-9-13-21(14-10-19)26(3)23(27)28-22-15-11-20(24)12-16-22/h4,11-12,15-16,19,21H,1,5-10,13-14,17-18H2,2-3H3/t19-,21-. The van der Waals surface area contributed by atoms with E-state index in [1.165, 1.54) is 38.5 Å². The van der Waals surface area contributed by atoms with E-state index in [-0.39, 0.29) is 6.09 Å². The molecule has 0 N–H and O–H groups in total. The predicted octanol–water partition coefficient (Wildman–Crippen LogP) is 6.12. The summed E-state index contributed by atoms with van der Waals surface area (Å²) in [5.74, 6) is 1.41. The van der Waals surface area contributed by atoms with Crippen LogP contribution < -0.4 is 4.74 Å². The van der Waals surface area contributed by atoms with Crippen LogP contribution in [0, 0.1) is 5.92 Å². The average molecular weight is 451 g/mol. The number of hydrogen-bond acceptors (Lipinski definition) is 3. The Labute approximate surface area is 179 Å². The lowest BCUT2D eigenvalue weighted by Gasteiger charge is -2.34. The van der Waals surface area contributed by atoms with Crippen molar-refractivity contribution in [2.75, 3.05) is 27.2 Å². The van der Waals surface area contributed by atoms with E-state index in [0.29, 0.717) is 11.8 Å². The van der Waals surface area contributed by atoms with Crippen molar-refractivity contribution in [1.82, 2.24) is 9.80 Å². The van der Waals surface area contributed by atoms with Crippen molar-refractivity contribution >= 4 is 22.0 Å². The lowest BCUT2D eigenvalue weighted by molar-refractivity contribution is 0.123. The Hall–Kier alpha value is -1.33. The lowest BCUT2D eigenvalue weighted by atomic mass is 9.82. The van der Waals surface area contributed by atoms with Crippen LogP contribution in [0.25, 0.3) is 0 Å². The van der Waals surface area contributed by atoms with Gasteiger partial charge >= 0.3 is 6.09 Å². The summed E-state index contributed by atoms with van der Waals surface area (Å²) in [6.45, 7) is 5.91. The summed E-state index contributed by atoms with van der Waals surface area (Å²) in [6, 6.07) is 7.67. The third kappa shape index (κ3) is 7.96. The summed E-state index contributed by atoms with van der Waals surface area (Å²) in [4.78, 5) is 16.5. The van der Waals surface area contributed by atoms with E-state index in [2.05, 4.69) is 34.5 Å². The Bertz CT molecular complexity index is 597. The van der Waals surface area contributed by atoms with Gasteiger partial charge in [0, 0.05) is 24.1 Å². The van der Waals surface area contributed by atoms with Gasteiger partial charge in [0.1, 0.15) is 5.75 Å². The summed E-state index contributed by atoms with van der Waals surface area (Å²) >= 11 is 3.39. The number of hydrogen-bond donors (Lipinski definition) is 0. The van der Waals surface area contributed by atoms with Gasteiger partial charge in [0.2, 0.25) is 0 Å². The highest BCUT2D eigenvalue weighted by atomic mass is 79.9. The summed E-state index contributed by atoms with van der Waals surface area (Å²) in [5.41, 5.74) is 0. The van der Waals surface area contributed by atoms with Gasteiger partial charge in [-0.05, 0) is 75.9 Å². The van der Waals surface area contributed by atoms with Crippen LogP contribution in [0.2, 0.25) is 0 Å². The molecular formula is C23H35BrN2O2. The van der Waals surface area contributed by atoms with Crippen molar-refractivity contribution in [3.05, 3.63) is 41.4 Å². The molecule has 28 heavy (non-hydrogen) atoms. The molecule has 0 aromatic heterocycles. The molecule has 0 saturated heterocycles. The molecule has 2 rings (SSSR count). The van der Waals surface area contributed by atoms with Crippen molar-refractivity contribution in [3.63, 3.8) is 0 Å². The van der Waals surface area contributed by atoms with Crippen LogP contribution in [0.5, 0.6) is 5.75 Å². The topological polar surface area (TPSA) is 32.8 Å². The fourth-order valence-corrected chi connectivity index (χ4v) is 4.21. The number of halogens is 1. The van der Waals surface area contributed by atoms with E-state index in [9.17, 15) is 4.79 Å². The van der Waals surface area contributed by atoms with E-state index in [1.54, 1.807) is 4.90 Å². The number of carbonyl (C=O) groups excluding carboxylic acids is 1. The van der Waals surface area contributed by atoms with E-state index >= 15 is 0 Å². The van der Waals surface area contributed by atoms with Gasteiger partial charge in [0.05, 0.1) is 0 Å². The number of benzene rings is 1. The molecule has 0 heterocycles. The molecule has 1 aromatic carbocycles. The molecule has 156 valence electrons. The Balaban J connectivity index is 1.62. The fourth-order valence-electron chi connectivity index (χ4n) is 3.95. The maximum absolute atomic E-state index is 12.4. The minimum absolute atomic E-state index is 0.255. The second-order valence-corrected chi connectivity index (χ2v) is 8.92. The van der Waals surface area contributed by atoms with Gasteiger partial charge in [-0.25, -0.2) is 4.79 Å². The zero-order valence-corrected chi connectivity index (χ0v) is 19.0. The van der Waals surface area contributed by atoms with Gasteiger partial charge < -0.3 is 14.5 Å². The predicted molar refractivity (Wildman–Crippen MR) is 120 cm³/mol. The Morgan fingerprint density at radius 2 is 1.82 bits per heavy atom. The fraction of sp³-hybridized carbons (Fsp3) is 0.609. The van der Waals surface area contributed by atoms with Gasteiger partial charge in [-0.3, -0.25) is 0 Å². The van der Waals surface area contributed by atoms with Crippen LogP contribution in [0.3, 0.4) is 0 Å². The quantitative estimate of drug-likeness (QED) is 0.318. The largest absolute Gasteiger partial charge is 0.415 e. The first kappa shape index (κ1) is 23.0. The minimum atomic E-state index is -0.255. The summed E-state index contributed by atoms with van der Waals surface area (Å²) in [6.07, 6.45) is 11.5. The molecule has 0 spiro atoms. The van der Waals surface area contributed by atoms with E-state index in [1.807, 2.05) is 37.4 Å². The monoisotopic (exact) mass is 450 g/mol. The third-order valence-corrected chi connectivity index (χ3v) is 6.29. The van der Waals surface area contributed by atoms with Crippen molar-refractivity contribution < 1.29 is 9.53 Å². The molecule has 0 bridgehead atoms. The van der Waals surface area contributed by atoms with Crippen LogP contribution in [0.4, 0.5) is 4.79 Å². The number of carbonyl (C=O) groups is 1. The van der Waals surface area contributed by atoms with Crippen molar-refractivity contribution in [1.29, 1.82) is 0 Å². The van der Waals surface area contributed by atoms with Crippen molar-refractivity contribution in [2.45, 2.75) is 57.4 Å². The Morgan fingerprint density at radius 1 is 1.14 bits per heavy atom. The summed E-state index contributed by atoms with van der Waals surface area (Å²) in [5, 5.41) is 0. The second kappa shape index (κ2) is 12.3. The molecular weight excluding hydrogens is 416 g/mol. The van der Waals surface area contributed by atoms with Crippen molar-refractivity contribution in [3.8, 4) is 5.75 Å². The highest BCUT2D eigenvalue weighted by Crippen LogP contribution is 2.31. The SMILES string of the molecule is C=CCN(C)CCCCC[C@H]1CC[C@H](N(C)C(=O)Oc2ccc(Br)cc2)CC1. The highest BCUT2D eigenvalue weighted by molar-refractivity contribution is 9.10. The molecule has 1 saturated carbocycles. The molecule has 1 aliphatic carbocycles. The normalized spacial score (nSPS) is 19.4. The van der Waals surface area contributed by atoms with E-state index in [4.69, 9.17) is 4.74 Å². The summed E-state index contributed by atoms with van der Waals surface area (Å²) < 4.78 is 6.47. The Kier molecular flexibility index (Phi) is 10.1. The number of amides is 1. The molecule has 1 amide bonds. The zero-order chi connectivity index (χ0) is 20.4.